The van der Waals surface area contributed by atoms with Crippen molar-refractivity contribution in [2.75, 3.05) is 5.32 Å². The number of amides is 3. The maximum Gasteiger partial charge on any atom is 0.286 e. The smallest absolute Gasteiger partial charge is 0.286 e. The Morgan fingerprint density at radius 2 is 1.85 bits per heavy atom. The van der Waals surface area contributed by atoms with E-state index < -0.39 is 0 Å². The van der Waals surface area contributed by atoms with Crippen molar-refractivity contribution in [3.63, 3.8) is 0 Å². The van der Waals surface area contributed by atoms with Gasteiger partial charge in [-0.25, -0.2) is 0 Å². The molecule has 0 saturated carbocycles. The van der Waals surface area contributed by atoms with E-state index in [0.717, 1.165) is 33.8 Å². The van der Waals surface area contributed by atoms with Crippen molar-refractivity contribution in [2.45, 2.75) is 18.1 Å². The number of imide groups is 1. The third-order valence-corrected chi connectivity index (χ3v) is 5.43. The molecule has 27 heavy (non-hydrogen) atoms. The summed E-state index contributed by atoms with van der Waals surface area (Å²) in [6.07, 6.45) is 2.62. The van der Waals surface area contributed by atoms with Gasteiger partial charge >= 0.3 is 0 Å². The van der Waals surface area contributed by atoms with E-state index in [9.17, 15) is 14.4 Å². The Balaban J connectivity index is 1.37. The molecule has 1 aliphatic heterocycles. The molecule has 1 atom stereocenters. The molecule has 4 rings (SSSR count). The number of carbonyl (C=O) groups excluding carboxylic acids is 3. The van der Waals surface area contributed by atoms with E-state index in [2.05, 4.69) is 15.6 Å². The molecular formula is C20H17N3O3S. The second-order valence-electron chi connectivity index (χ2n) is 6.37. The second kappa shape index (κ2) is 7.28. The van der Waals surface area contributed by atoms with Gasteiger partial charge in [-0.3, -0.25) is 19.7 Å². The minimum atomic E-state index is -0.389. The Labute approximate surface area is 159 Å². The highest BCUT2D eigenvalue weighted by Gasteiger charge is 2.31. The van der Waals surface area contributed by atoms with Gasteiger partial charge < -0.3 is 10.3 Å². The second-order valence-corrected chi connectivity index (χ2v) is 7.54. The lowest BCUT2D eigenvalue weighted by molar-refractivity contribution is -0.119. The average molecular weight is 379 g/mol. The molecule has 0 radical (unpaired) electrons. The van der Waals surface area contributed by atoms with Crippen molar-refractivity contribution in [1.82, 2.24) is 10.3 Å². The number of benzene rings is 2. The van der Waals surface area contributed by atoms with Gasteiger partial charge in [-0.2, -0.15) is 0 Å². The monoisotopic (exact) mass is 379 g/mol. The van der Waals surface area contributed by atoms with Gasteiger partial charge in [-0.15, -0.1) is 0 Å². The average Bonchev–Trinajstić information content (AvgIpc) is 3.19. The Kier molecular flexibility index (Phi) is 4.68. The van der Waals surface area contributed by atoms with Gasteiger partial charge in [-0.05, 0) is 35.7 Å². The van der Waals surface area contributed by atoms with Gasteiger partial charge in [0, 0.05) is 22.8 Å². The lowest BCUT2D eigenvalue weighted by atomic mass is 10.1. The molecule has 1 aromatic heterocycles. The SMILES string of the molecule is O=C(Cc1c[nH]c2ccccc12)Nc1ccc(CC2SC(=O)NC2=O)cc1. The van der Waals surface area contributed by atoms with E-state index in [1.165, 1.54) is 0 Å². The van der Waals surface area contributed by atoms with E-state index >= 15 is 0 Å². The zero-order valence-corrected chi connectivity index (χ0v) is 15.1. The molecule has 0 spiro atoms. The molecule has 0 aliphatic carbocycles. The molecule has 2 aromatic carbocycles. The summed E-state index contributed by atoms with van der Waals surface area (Å²) in [5, 5.41) is 5.53. The summed E-state index contributed by atoms with van der Waals surface area (Å²) >= 11 is 1.01. The highest BCUT2D eigenvalue weighted by molar-refractivity contribution is 8.15. The van der Waals surface area contributed by atoms with Crippen LogP contribution in [0.2, 0.25) is 0 Å². The highest BCUT2D eigenvalue weighted by Crippen LogP contribution is 2.24. The van der Waals surface area contributed by atoms with Crippen LogP contribution in [-0.4, -0.2) is 27.3 Å². The number of thioether (sulfide) groups is 1. The van der Waals surface area contributed by atoms with Gasteiger partial charge in [0.05, 0.1) is 11.7 Å². The van der Waals surface area contributed by atoms with Crippen molar-refractivity contribution < 1.29 is 14.4 Å². The summed E-state index contributed by atoms with van der Waals surface area (Å²) in [5.74, 6) is -0.343. The van der Waals surface area contributed by atoms with E-state index in [-0.39, 0.29) is 28.7 Å². The Morgan fingerprint density at radius 3 is 2.59 bits per heavy atom. The highest BCUT2D eigenvalue weighted by atomic mass is 32.2. The number of fused-ring (bicyclic) bond motifs is 1. The third-order valence-electron chi connectivity index (χ3n) is 4.45. The summed E-state index contributed by atoms with van der Waals surface area (Å²) in [7, 11) is 0. The maximum atomic E-state index is 12.3. The first kappa shape index (κ1) is 17.4. The molecule has 136 valence electrons. The first-order valence-corrected chi connectivity index (χ1v) is 9.42. The van der Waals surface area contributed by atoms with Gasteiger partial charge in [0.15, 0.2) is 0 Å². The van der Waals surface area contributed by atoms with Crippen LogP contribution in [0.25, 0.3) is 10.9 Å². The molecular weight excluding hydrogens is 362 g/mol. The molecule has 0 bridgehead atoms. The van der Waals surface area contributed by atoms with Gasteiger partial charge in [0.1, 0.15) is 0 Å². The summed E-state index contributed by atoms with van der Waals surface area (Å²) in [6, 6.07) is 15.2. The zero-order chi connectivity index (χ0) is 18.8. The van der Waals surface area contributed by atoms with Crippen molar-refractivity contribution in [3.05, 3.63) is 65.9 Å². The minimum absolute atomic E-state index is 0.0937. The number of carbonyl (C=O) groups is 3. The van der Waals surface area contributed by atoms with Gasteiger partial charge in [-0.1, -0.05) is 42.1 Å². The fourth-order valence-corrected chi connectivity index (χ4v) is 3.98. The van der Waals surface area contributed by atoms with Crippen LogP contribution in [0.4, 0.5) is 10.5 Å². The van der Waals surface area contributed by atoms with Crippen LogP contribution in [0.15, 0.2) is 54.7 Å². The van der Waals surface area contributed by atoms with Crippen LogP contribution in [0.3, 0.4) is 0 Å². The maximum absolute atomic E-state index is 12.3. The largest absolute Gasteiger partial charge is 0.361 e. The molecule has 1 aliphatic rings. The number of rotatable bonds is 5. The third kappa shape index (κ3) is 3.88. The van der Waals surface area contributed by atoms with Crippen LogP contribution in [0, 0.1) is 0 Å². The molecule has 3 amide bonds. The number of hydrogen-bond donors (Lipinski definition) is 3. The Bertz CT molecular complexity index is 1030. The molecule has 1 unspecified atom stereocenters. The molecule has 1 saturated heterocycles. The molecule has 3 aromatic rings. The van der Waals surface area contributed by atoms with Crippen LogP contribution < -0.4 is 10.6 Å². The van der Waals surface area contributed by atoms with Crippen LogP contribution in [0.1, 0.15) is 11.1 Å². The zero-order valence-electron chi connectivity index (χ0n) is 14.3. The molecule has 2 heterocycles. The molecule has 3 N–H and O–H groups in total. The summed E-state index contributed by atoms with van der Waals surface area (Å²) in [4.78, 5) is 38.4. The number of aromatic amines is 1. The van der Waals surface area contributed by atoms with Crippen molar-refractivity contribution in [3.8, 4) is 0 Å². The lowest BCUT2D eigenvalue weighted by Gasteiger charge is -2.08. The predicted octanol–water partition coefficient (Wildman–Crippen LogP) is 3.24. The number of aromatic nitrogens is 1. The van der Waals surface area contributed by atoms with Gasteiger partial charge in [0.25, 0.3) is 5.24 Å². The molecule has 1 fully saturated rings. The molecule has 6 nitrogen and oxygen atoms in total. The number of para-hydroxylation sites is 1. The number of H-pyrrole nitrogens is 1. The first-order chi connectivity index (χ1) is 13.1. The summed E-state index contributed by atoms with van der Waals surface area (Å²) < 4.78 is 0. The topological polar surface area (TPSA) is 91.1 Å². The van der Waals surface area contributed by atoms with Crippen LogP contribution >= 0.6 is 11.8 Å². The van der Waals surface area contributed by atoms with Crippen LogP contribution in [-0.2, 0) is 22.4 Å². The summed E-state index contributed by atoms with van der Waals surface area (Å²) in [6.45, 7) is 0. The summed E-state index contributed by atoms with van der Waals surface area (Å²) in [5.41, 5.74) is 3.60. The van der Waals surface area contributed by atoms with Gasteiger partial charge in [0.2, 0.25) is 11.8 Å². The standard InChI is InChI=1S/C20H17N3O3S/c24-18(10-13-11-21-16-4-2-1-3-15(13)16)22-14-7-5-12(6-8-14)9-17-19(25)23-20(26)27-17/h1-8,11,17,21H,9-10H2,(H,22,24)(H,23,25,26). The normalized spacial score (nSPS) is 16.5. The number of anilines is 1. The predicted molar refractivity (Wildman–Crippen MR) is 106 cm³/mol. The molecule has 7 heteroatoms. The van der Waals surface area contributed by atoms with Crippen LogP contribution in [0.5, 0.6) is 0 Å². The number of nitrogens with one attached hydrogen (secondary N) is 3. The van der Waals surface area contributed by atoms with Crippen molar-refractivity contribution in [1.29, 1.82) is 0 Å². The van der Waals surface area contributed by atoms with E-state index in [1.54, 1.807) is 0 Å². The van der Waals surface area contributed by atoms with E-state index in [0.29, 0.717) is 12.1 Å². The minimum Gasteiger partial charge on any atom is -0.361 e. The van der Waals surface area contributed by atoms with Crippen molar-refractivity contribution >= 4 is 45.4 Å². The fraction of sp³-hybridized carbons (Fsp3) is 0.150. The fourth-order valence-electron chi connectivity index (χ4n) is 3.12. The Morgan fingerprint density at radius 1 is 1.07 bits per heavy atom. The van der Waals surface area contributed by atoms with E-state index in [1.807, 2.05) is 54.7 Å². The lowest BCUT2D eigenvalue weighted by Crippen LogP contribution is -2.25. The first-order valence-electron chi connectivity index (χ1n) is 8.54. The number of hydrogen-bond acceptors (Lipinski definition) is 4. The quantitative estimate of drug-likeness (QED) is 0.635. The van der Waals surface area contributed by atoms with Crippen molar-refractivity contribution in [2.24, 2.45) is 0 Å². The van der Waals surface area contributed by atoms with E-state index in [4.69, 9.17) is 0 Å². The Hall–Kier alpha value is -3.06.